The lowest BCUT2D eigenvalue weighted by Gasteiger charge is -2.10. The van der Waals surface area contributed by atoms with Gasteiger partial charge in [0.15, 0.2) is 0 Å². The summed E-state index contributed by atoms with van der Waals surface area (Å²) in [5.74, 6) is -0.987. The Morgan fingerprint density at radius 2 is 2.00 bits per heavy atom. The Balaban J connectivity index is 2.76. The van der Waals surface area contributed by atoms with Crippen molar-refractivity contribution in [1.82, 2.24) is 5.32 Å². The fourth-order valence-corrected chi connectivity index (χ4v) is 1.53. The Morgan fingerprint density at radius 3 is 2.56 bits per heavy atom. The molecule has 5 nitrogen and oxygen atoms in total. The average molecular weight is 251 g/mol. The Morgan fingerprint density at radius 1 is 1.28 bits per heavy atom. The van der Waals surface area contributed by atoms with Crippen molar-refractivity contribution in [3.63, 3.8) is 0 Å². The Hall–Kier alpha value is -2.04. The van der Waals surface area contributed by atoms with E-state index in [0.717, 1.165) is 17.5 Å². The summed E-state index contributed by atoms with van der Waals surface area (Å²) in [6.07, 6.45) is 0.891. The minimum Gasteiger partial charge on any atom is -0.496 e. The predicted octanol–water partition coefficient (Wildman–Crippen LogP) is 1.05. The summed E-state index contributed by atoms with van der Waals surface area (Å²) in [5.41, 5.74) is 1.97. The van der Waals surface area contributed by atoms with E-state index in [-0.39, 0.29) is 6.54 Å². The SMILES string of the molecule is CCc1ccc(OC)c(CNC(=O)C(=O)OC)c1. The third-order valence-corrected chi connectivity index (χ3v) is 2.56. The molecule has 1 rings (SSSR count). The van der Waals surface area contributed by atoms with Gasteiger partial charge in [-0.15, -0.1) is 0 Å². The highest BCUT2D eigenvalue weighted by atomic mass is 16.5. The zero-order chi connectivity index (χ0) is 13.5. The molecule has 98 valence electrons. The van der Waals surface area contributed by atoms with E-state index in [9.17, 15) is 9.59 Å². The number of aryl methyl sites for hydroxylation is 1. The van der Waals surface area contributed by atoms with Gasteiger partial charge in [-0.25, -0.2) is 4.79 Å². The molecule has 0 atom stereocenters. The number of hydrogen-bond acceptors (Lipinski definition) is 4. The summed E-state index contributed by atoms with van der Waals surface area (Å²) in [6, 6.07) is 5.75. The summed E-state index contributed by atoms with van der Waals surface area (Å²) in [6.45, 7) is 2.27. The lowest BCUT2D eigenvalue weighted by Crippen LogP contribution is -2.31. The van der Waals surface area contributed by atoms with Crippen molar-refractivity contribution >= 4 is 11.9 Å². The fraction of sp³-hybridized carbons (Fsp3) is 0.385. The quantitative estimate of drug-likeness (QED) is 0.641. The van der Waals surface area contributed by atoms with E-state index < -0.39 is 11.9 Å². The molecule has 0 fully saturated rings. The first kappa shape index (κ1) is 14.0. The van der Waals surface area contributed by atoms with Crippen LogP contribution >= 0.6 is 0 Å². The Labute approximate surface area is 106 Å². The number of rotatable bonds is 4. The van der Waals surface area contributed by atoms with Crippen molar-refractivity contribution < 1.29 is 19.1 Å². The summed E-state index contributed by atoms with van der Waals surface area (Å²) in [7, 11) is 2.73. The van der Waals surface area contributed by atoms with Gasteiger partial charge >= 0.3 is 11.9 Å². The maximum atomic E-state index is 11.3. The Kier molecular flexibility index (Phi) is 5.17. The van der Waals surface area contributed by atoms with Gasteiger partial charge in [-0.1, -0.05) is 19.1 Å². The van der Waals surface area contributed by atoms with Crippen LogP contribution in [-0.4, -0.2) is 26.1 Å². The summed E-state index contributed by atoms with van der Waals surface area (Å²) in [4.78, 5) is 22.2. The monoisotopic (exact) mass is 251 g/mol. The zero-order valence-electron chi connectivity index (χ0n) is 10.8. The zero-order valence-corrected chi connectivity index (χ0v) is 10.8. The molecule has 0 unspecified atom stereocenters. The van der Waals surface area contributed by atoms with Gasteiger partial charge in [-0.2, -0.15) is 0 Å². The number of hydrogen-bond donors (Lipinski definition) is 1. The van der Waals surface area contributed by atoms with Gasteiger partial charge in [0, 0.05) is 12.1 Å². The molecule has 5 heteroatoms. The van der Waals surface area contributed by atoms with Crippen LogP contribution in [-0.2, 0) is 27.3 Å². The van der Waals surface area contributed by atoms with Crippen molar-refractivity contribution in [2.45, 2.75) is 19.9 Å². The van der Waals surface area contributed by atoms with Gasteiger partial charge in [-0.05, 0) is 18.1 Å². The molecule has 18 heavy (non-hydrogen) atoms. The molecular formula is C13H17NO4. The third kappa shape index (κ3) is 3.48. The first-order valence-electron chi connectivity index (χ1n) is 5.64. The van der Waals surface area contributed by atoms with E-state index in [1.807, 2.05) is 25.1 Å². The highest BCUT2D eigenvalue weighted by Crippen LogP contribution is 2.19. The van der Waals surface area contributed by atoms with Crippen LogP contribution in [0, 0.1) is 0 Å². The molecular weight excluding hydrogens is 234 g/mol. The predicted molar refractivity (Wildman–Crippen MR) is 66.2 cm³/mol. The molecule has 0 spiro atoms. The number of methoxy groups -OCH3 is 2. The number of carbonyl (C=O) groups is 2. The highest BCUT2D eigenvalue weighted by Gasteiger charge is 2.14. The molecule has 0 radical (unpaired) electrons. The van der Waals surface area contributed by atoms with Crippen LogP contribution in [0.15, 0.2) is 18.2 Å². The molecule has 0 saturated heterocycles. The van der Waals surface area contributed by atoms with Crippen LogP contribution in [0.1, 0.15) is 18.1 Å². The minimum absolute atomic E-state index is 0.227. The molecule has 0 bridgehead atoms. The normalized spacial score (nSPS) is 9.72. The minimum atomic E-state index is -0.902. The van der Waals surface area contributed by atoms with Crippen molar-refractivity contribution in [1.29, 1.82) is 0 Å². The van der Waals surface area contributed by atoms with Crippen LogP contribution in [0.2, 0.25) is 0 Å². The number of amides is 1. The first-order valence-corrected chi connectivity index (χ1v) is 5.64. The first-order chi connectivity index (χ1) is 8.62. The second-order valence-electron chi connectivity index (χ2n) is 3.67. The second-order valence-corrected chi connectivity index (χ2v) is 3.67. The van der Waals surface area contributed by atoms with Gasteiger partial charge in [0.25, 0.3) is 0 Å². The number of esters is 1. The van der Waals surface area contributed by atoms with Crippen LogP contribution in [0.3, 0.4) is 0 Å². The molecule has 0 aliphatic heterocycles. The van der Waals surface area contributed by atoms with E-state index >= 15 is 0 Å². The van der Waals surface area contributed by atoms with Gasteiger partial charge in [0.1, 0.15) is 5.75 Å². The molecule has 1 aromatic carbocycles. The number of nitrogens with one attached hydrogen (secondary N) is 1. The summed E-state index contributed by atoms with van der Waals surface area (Å²) < 4.78 is 9.52. The van der Waals surface area contributed by atoms with Crippen LogP contribution in [0.25, 0.3) is 0 Å². The van der Waals surface area contributed by atoms with E-state index in [1.165, 1.54) is 7.11 Å². The maximum Gasteiger partial charge on any atom is 0.396 e. The number of carbonyl (C=O) groups excluding carboxylic acids is 2. The average Bonchev–Trinajstić information content (AvgIpc) is 2.43. The largest absolute Gasteiger partial charge is 0.496 e. The number of ether oxygens (including phenoxy) is 2. The van der Waals surface area contributed by atoms with E-state index in [2.05, 4.69) is 10.1 Å². The van der Waals surface area contributed by atoms with Gasteiger partial charge in [-0.3, -0.25) is 4.79 Å². The van der Waals surface area contributed by atoms with Crippen molar-refractivity contribution in [2.24, 2.45) is 0 Å². The van der Waals surface area contributed by atoms with Gasteiger partial charge < -0.3 is 14.8 Å². The summed E-state index contributed by atoms with van der Waals surface area (Å²) in [5, 5.41) is 2.48. The van der Waals surface area contributed by atoms with Crippen LogP contribution < -0.4 is 10.1 Å². The third-order valence-electron chi connectivity index (χ3n) is 2.56. The number of benzene rings is 1. The van der Waals surface area contributed by atoms with E-state index in [4.69, 9.17) is 4.74 Å². The van der Waals surface area contributed by atoms with Crippen molar-refractivity contribution in [3.05, 3.63) is 29.3 Å². The van der Waals surface area contributed by atoms with Crippen LogP contribution in [0.4, 0.5) is 0 Å². The summed E-state index contributed by atoms with van der Waals surface area (Å²) >= 11 is 0. The van der Waals surface area contributed by atoms with Crippen molar-refractivity contribution in [2.75, 3.05) is 14.2 Å². The molecule has 1 amide bonds. The Bertz CT molecular complexity index is 443. The molecule has 0 saturated carbocycles. The molecule has 0 aliphatic rings. The van der Waals surface area contributed by atoms with Crippen molar-refractivity contribution in [3.8, 4) is 5.75 Å². The molecule has 0 heterocycles. The van der Waals surface area contributed by atoms with E-state index in [1.54, 1.807) is 7.11 Å². The second kappa shape index (κ2) is 6.64. The molecule has 0 aromatic heterocycles. The standard InChI is InChI=1S/C13H17NO4/c1-4-9-5-6-11(17-2)10(7-9)8-14-12(15)13(16)18-3/h5-7H,4,8H2,1-3H3,(H,14,15). The molecule has 1 aromatic rings. The van der Waals surface area contributed by atoms with E-state index in [0.29, 0.717) is 5.75 Å². The highest BCUT2D eigenvalue weighted by molar-refractivity contribution is 6.32. The van der Waals surface area contributed by atoms with Crippen LogP contribution in [0.5, 0.6) is 5.75 Å². The topological polar surface area (TPSA) is 64.6 Å². The lowest BCUT2D eigenvalue weighted by atomic mass is 10.1. The fourth-order valence-electron chi connectivity index (χ4n) is 1.53. The molecule has 1 N–H and O–H groups in total. The van der Waals surface area contributed by atoms with Gasteiger partial charge in [0.2, 0.25) is 0 Å². The smallest absolute Gasteiger partial charge is 0.396 e. The maximum absolute atomic E-state index is 11.3. The van der Waals surface area contributed by atoms with Gasteiger partial charge in [0.05, 0.1) is 14.2 Å². The molecule has 0 aliphatic carbocycles. The lowest BCUT2D eigenvalue weighted by molar-refractivity contribution is -0.152.